The SMILES string of the molecule is CCOc1ccc(-n2c(C)cc(C(=O)COc3ccc(C#N)cc3)c2C)cc1. The van der Waals surface area contributed by atoms with E-state index in [0.29, 0.717) is 23.5 Å². The molecule has 0 aliphatic heterocycles. The number of nitriles is 1. The van der Waals surface area contributed by atoms with Gasteiger partial charge in [0.05, 0.1) is 18.2 Å². The number of hydrogen-bond donors (Lipinski definition) is 0. The third-order valence-corrected chi connectivity index (χ3v) is 4.49. The van der Waals surface area contributed by atoms with Gasteiger partial charge in [-0.05, 0) is 75.4 Å². The molecule has 0 saturated carbocycles. The van der Waals surface area contributed by atoms with Gasteiger partial charge < -0.3 is 14.0 Å². The number of carbonyl (C=O) groups is 1. The smallest absolute Gasteiger partial charge is 0.202 e. The minimum atomic E-state index is -0.0883. The highest BCUT2D eigenvalue weighted by Crippen LogP contribution is 2.23. The van der Waals surface area contributed by atoms with Crippen LogP contribution in [0, 0.1) is 25.2 Å². The Morgan fingerprint density at radius 2 is 1.61 bits per heavy atom. The third kappa shape index (κ3) is 4.07. The van der Waals surface area contributed by atoms with Crippen molar-refractivity contribution in [1.82, 2.24) is 4.57 Å². The molecule has 0 aliphatic carbocycles. The van der Waals surface area contributed by atoms with Crippen LogP contribution in [0.2, 0.25) is 0 Å². The maximum Gasteiger partial charge on any atom is 0.202 e. The molecule has 2 aromatic carbocycles. The van der Waals surface area contributed by atoms with Crippen LogP contribution in [0.1, 0.15) is 34.2 Å². The van der Waals surface area contributed by atoms with E-state index in [1.807, 2.05) is 55.7 Å². The van der Waals surface area contributed by atoms with Gasteiger partial charge in [0.15, 0.2) is 6.61 Å². The van der Waals surface area contributed by atoms with Crippen LogP contribution in [0.5, 0.6) is 11.5 Å². The zero-order chi connectivity index (χ0) is 20.1. The van der Waals surface area contributed by atoms with Crippen LogP contribution in [0.15, 0.2) is 54.6 Å². The minimum Gasteiger partial charge on any atom is -0.494 e. The molecule has 142 valence electrons. The van der Waals surface area contributed by atoms with Crippen molar-refractivity contribution in [2.24, 2.45) is 0 Å². The van der Waals surface area contributed by atoms with E-state index in [1.54, 1.807) is 24.3 Å². The monoisotopic (exact) mass is 374 g/mol. The van der Waals surface area contributed by atoms with Gasteiger partial charge in [-0.2, -0.15) is 5.26 Å². The number of hydrogen-bond acceptors (Lipinski definition) is 4. The molecule has 0 N–H and O–H groups in total. The molecule has 0 bridgehead atoms. The second kappa shape index (κ2) is 8.45. The first-order chi connectivity index (χ1) is 13.5. The quantitative estimate of drug-likeness (QED) is 0.566. The molecule has 0 amide bonds. The first-order valence-electron chi connectivity index (χ1n) is 9.11. The third-order valence-electron chi connectivity index (χ3n) is 4.49. The van der Waals surface area contributed by atoms with Crippen molar-refractivity contribution in [3.8, 4) is 23.3 Å². The molecule has 0 unspecified atom stereocenters. The topological polar surface area (TPSA) is 64.2 Å². The zero-order valence-corrected chi connectivity index (χ0v) is 16.2. The number of aromatic nitrogens is 1. The Morgan fingerprint density at radius 3 is 2.21 bits per heavy atom. The predicted octanol–water partition coefficient (Wildman–Crippen LogP) is 4.63. The molecule has 5 heteroatoms. The summed E-state index contributed by atoms with van der Waals surface area (Å²) in [6.45, 7) is 6.42. The fourth-order valence-corrected chi connectivity index (χ4v) is 3.15. The van der Waals surface area contributed by atoms with E-state index in [2.05, 4.69) is 6.07 Å². The van der Waals surface area contributed by atoms with E-state index in [0.717, 1.165) is 22.8 Å². The van der Waals surface area contributed by atoms with Gasteiger partial charge in [0.25, 0.3) is 0 Å². The summed E-state index contributed by atoms with van der Waals surface area (Å²) in [6.07, 6.45) is 0. The number of Topliss-reactive ketones (excluding diaryl/α,β-unsaturated/α-hetero) is 1. The highest BCUT2D eigenvalue weighted by atomic mass is 16.5. The van der Waals surface area contributed by atoms with E-state index in [9.17, 15) is 4.79 Å². The van der Waals surface area contributed by atoms with E-state index in [-0.39, 0.29) is 12.4 Å². The van der Waals surface area contributed by atoms with Crippen molar-refractivity contribution in [3.63, 3.8) is 0 Å². The van der Waals surface area contributed by atoms with E-state index < -0.39 is 0 Å². The van der Waals surface area contributed by atoms with Crippen molar-refractivity contribution in [2.45, 2.75) is 20.8 Å². The van der Waals surface area contributed by atoms with Crippen molar-refractivity contribution in [1.29, 1.82) is 5.26 Å². The molecular weight excluding hydrogens is 352 g/mol. The lowest BCUT2D eigenvalue weighted by Gasteiger charge is -2.11. The van der Waals surface area contributed by atoms with E-state index >= 15 is 0 Å². The maximum absolute atomic E-state index is 12.7. The van der Waals surface area contributed by atoms with Gasteiger partial charge in [-0.1, -0.05) is 0 Å². The summed E-state index contributed by atoms with van der Waals surface area (Å²) in [5.74, 6) is 1.29. The highest BCUT2D eigenvalue weighted by molar-refractivity contribution is 5.98. The molecule has 3 aromatic rings. The lowest BCUT2D eigenvalue weighted by Crippen LogP contribution is -2.12. The Kier molecular flexibility index (Phi) is 5.81. The number of carbonyl (C=O) groups excluding carboxylic acids is 1. The van der Waals surface area contributed by atoms with Gasteiger partial charge in [0, 0.05) is 22.6 Å². The molecule has 0 saturated heterocycles. The van der Waals surface area contributed by atoms with Crippen molar-refractivity contribution >= 4 is 5.78 Å². The Balaban J connectivity index is 1.76. The van der Waals surface area contributed by atoms with Gasteiger partial charge in [-0.25, -0.2) is 0 Å². The number of rotatable bonds is 7. The largest absolute Gasteiger partial charge is 0.494 e. The van der Waals surface area contributed by atoms with Gasteiger partial charge in [-0.15, -0.1) is 0 Å². The van der Waals surface area contributed by atoms with Crippen LogP contribution in [-0.4, -0.2) is 23.6 Å². The molecule has 28 heavy (non-hydrogen) atoms. The Morgan fingerprint density at radius 1 is 1.00 bits per heavy atom. The molecule has 1 aromatic heterocycles. The standard InChI is InChI=1S/C23H22N2O3/c1-4-27-20-11-7-19(8-12-20)25-16(2)13-22(17(25)3)23(26)15-28-21-9-5-18(14-24)6-10-21/h5-13H,4,15H2,1-3H3. The van der Waals surface area contributed by atoms with Gasteiger partial charge in [0.1, 0.15) is 11.5 Å². The minimum absolute atomic E-state index is 0.0561. The average Bonchev–Trinajstić information content (AvgIpc) is 3.01. The summed E-state index contributed by atoms with van der Waals surface area (Å²) in [7, 11) is 0. The average molecular weight is 374 g/mol. The Labute approximate surface area is 164 Å². The molecule has 0 aliphatic rings. The number of nitrogens with zero attached hydrogens (tertiary/aromatic N) is 2. The predicted molar refractivity (Wildman–Crippen MR) is 107 cm³/mol. The fourth-order valence-electron chi connectivity index (χ4n) is 3.15. The maximum atomic E-state index is 12.7. The molecule has 3 rings (SSSR count). The van der Waals surface area contributed by atoms with Gasteiger partial charge in [-0.3, -0.25) is 4.79 Å². The summed E-state index contributed by atoms with van der Waals surface area (Å²) in [6, 6.07) is 18.5. The lowest BCUT2D eigenvalue weighted by atomic mass is 10.1. The molecule has 0 fully saturated rings. The van der Waals surface area contributed by atoms with E-state index in [1.165, 1.54) is 0 Å². The van der Waals surface area contributed by atoms with E-state index in [4.69, 9.17) is 14.7 Å². The molecule has 0 atom stereocenters. The summed E-state index contributed by atoms with van der Waals surface area (Å²) >= 11 is 0. The normalized spacial score (nSPS) is 10.4. The van der Waals surface area contributed by atoms with Crippen LogP contribution in [0.3, 0.4) is 0 Å². The molecular formula is C23H22N2O3. The number of aryl methyl sites for hydroxylation is 1. The summed E-state index contributed by atoms with van der Waals surface area (Å²) in [5, 5.41) is 8.84. The molecule has 5 nitrogen and oxygen atoms in total. The first-order valence-corrected chi connectivity index (χ1v) is 9.11. The van der Waals surface area contributed by atoms with Crippen molar-refractivity contribution in [2.75, 3.05) is 13.2 Å². The molecule has 0 radical (unpaired) electrons. The number of benzene rings is 2. The van der Waals surface area contributed by atoms with Crippen molar-refractivity contribution < 1.29 is 14.3 Å². The van der Waals surface area contributed by atoms with Crippen LogP contribution < -0.4 is 9.47 Å². The zero-order valence-electron chi connectivity index (χ0n) is 16.2. The summed E-state index contributed by atoms with van der Waals surface area (Å²) < 4.78 is 13.1. The fraction of sp³-hybridized carbons (Fsp3) is 0.217. The molecule has 1 heterocycles. The summed E-state index contributed by atoms with van der Waals surface area (Å²) in [4.78, 5) is 12.7. The Hall–Kier alpha value is -3.52. The van der Waals surface area contributed by atoms with Crippen LogP contribution in [0.25, 0.3) is 5.69 Å². The second-order valence-electron chi connectivity index (χ2n) is 6.40. The van der Waals surface area contributed by atoms with Crippen molar-refractivity contribution in [3.05, 3.63) is 77.1 Å². The molecule has 0 spiro atoms. The lowest BCUT2D eigenvalue weighted by molar-refractivity contribution is 0.0921. The van der Waals surface area contributed by atoms with Gasteiger partial charge in [0.2, 0.25) is 5.78 Å². The Bertz CT molecular complexity index is 1010. The highest BCUT2D eigenvalue weighted by Gasteiger charge is 2.17. The van der Waals surface area contributed by atoms with Crippen LogP contribution >= 0.6 is 0 Å². The first kappa shape index (κ1) is 19.2. The van der Waals surface area contributed by atoms with Crippen LogP contribution in [0.4, 0.5) is 0 Å². The number of ketones is 1. The van der Waals surface area contributed by atoms with Crippen LogP contribution in [-0.2, 0) is 0 Å². The summed E-state index contributed by atoms with van der Waals surface area (Å²) in [5.41, 5.74) is 4.02. The van der Waals surface area contributed by atoms with Gasteiger partial charge >= 0.3 is 0 Å². The second-order valence-corrected chi connectivity index (χ2v) is 6.40. The number of ether oxygens (including phenoxy) is 2.